The van der Waals surface area contributed by atoms with Crippen LogP contribution in [0.15, 0.2) is 64.3 Å². The van der Waals surface area contributed by atoms with E-state index in [2.05, 4.69) is 15.6 Å². The number of hydrogen-bond donors (Lipinski definition) is 2. The molecule has 0 aliphatic heterocycles. The number of unbranched alkanes of at least 4 members (excludes halogenated alkanes) is 2. The third-order valence-corrected chi connectivity index (χ3v) is 9.82. The van der Waals surface area contributed by atoms with Gasteiger partial charge in [0.2, 0.25) is 5.96 Å². The van der Waals surface area contributed by atoms with Gasteiger partial charge in [-0.1, -0.05) is 26.7 Å². The van der Waals surface area contributed by atoms with Gasteiger partial charge in [-0.25, -0.2) is 19.2 Å². The van der Waals surface area contributed by atoms with Crippen LogP contribution >= 0.6 is 22.7 Å². The lowest BCUT2D eigenvalue weighted by atomic mass is 10.1. The zero-order valence-electron chi connectivity index (χ0n) is 35.1. The molecule has 0 saturated heterocycles. The smallest absolute Gasteiger partial charge is 0.437 e. The van der Waals surface area contributed by atoms with Crippen LogP contribution in [0.4, 0.5) is 15.3 Å². The molecule has 0 aliphatic carbocycles. The number of amides is 3. The van der Waals surface area contributed by atoms with Crippen molar-refractivity contribution in [1.82, 2.24) is 10.2 Å². The first-order chi connectivity index (χ1) is 28.3. The van der Waals surface area contributed by atoms with Crippen LogP contribution < -0.4 is 15.4 Å². The molecule has 322 valence electrons. The first kappa shape index (κ1) is 46.9. The highest BCUT2D eigenvalue weighted by Crippen LogP contribution is 2.31. The van der Waals surface area contributed by atoms with Crippen LogP contribution in [0.1, 0.15) is 117 Å². The van der Waals surface area contributed by atoms with E-state index in [-0.39, 0.29) is 37.0 Å². The van der Waals surface area contributed by atoms with Crippen molar-refractivity contribution < 1.29 is 52.5 Å². The lowest BCUT2D eigenvalue weighted by Crippen LogP contribution is -2.40. The summed E-state index contributed by atoms with van der Waals surface area (Å²) in [6.45, 7) is 14.4. The van der Waals surface area contributed by atoms with Crippen LogP contribution in [0.3, 0.4) is 0 Å². The van der Waals surface area contributed by atoms with Crippen LogP contribution in [0.5, 0.6) is 5.75 Å². The average molecular weight is 865 g/mol. The maximum Gasteiger partial charge on any atom is 0.437 e. The van der Waals surface area contributed by atoms with Crippen molar-refractivity contribution >= 4 is 80.4 Å². The number of esters is 3. The highest BCUT2D eigenvalue weighted by atomic mass is 32.1. The van der Waals surface area contributed by atoms with Crippen molar-refractivity contribution in [2.24, 2.45) is 4.99 Å². The van der Waals surface area contributed by atoms with E-state index in [1.54, 1.807) is 76.6 Å². The van der Waals surface area contributed by atoms with Crippen LogP contribution in [0.2, 0.25) is 0 Å². The second kappa shape index (κ2) is 21.4. The van der Waals surface area contributed by atoms with E-state index in [1.165, 1.54) is 51.8 Å². The highest BCUT2D eigenvalue weighted by molar-refractivity contribution is 7.17. The summed E-state index contributed by atoms with van der Waals surface area (Å²) in [5, 5.41) is 9.27. The summed E-state index contributed by atoms with van der Waals surface area (Å²) < 4.78 is 27.6. The molecule has 2 N–H and O–H groups in total. The van der Waals surface area contributed by atoms with Crippen LogP contribution in [-0.4, -0.2) is 77.8 Å². The Kier molecular flexibility index (Phi) is 16.8. The Labute approximate surface area is 357 Å². The van der Waals surface area contributed by atoms with Gasteiger partial charge in [-0.15, -0.1) is 27.7 Å². The molecule has 0 unspecified atom stereocenters. The second-order valence-corrected chi connectivity index (χ2v) is 17.3. The van der Waals surface area contributed by atoms with Gasteiger partial charge in [-0.05, 0) is 114 Å². The molecule has 2 aromatic heterocycles. The first-order valence-corrected chi connectivity index (χ1v) is 21.2. The number of ether oxygens (including phenoxy) is 5. The number of fused-ring (bicyclic) bond motifs is 1. The number of thiophene rings is 2. The zero-order valence-corrected chi connectivity index (χ0v) is 36.8. The first-order valence-electron chi connectivity index (χ1n) is 19.5. The lowest BCUT2D eigenvalue weighted by molar-refractivity contribution is -0.144. The molecule has 0 aliphatic rings. The molecule has 0 atom stereocenters. The molecule has 15 nitrogen and oxygen atoms in total. The molecule has 4 aromatic rings. The van der Waals surface area contributed by atoms with E-state index in [0.717, 1.165) is 19.3 Å². The molecule has 3 amide bonds. The highest BCUT2D eigenvalue weighted by Gasteiger charge is 2.25. The van der Waals surface area contributed by atoms with Gasteiger partial charge in [-0.3, -0.25) is 14.9 Å². The van der Waals surface area contributed by atoms with Crippen molar-refractivity contribution in [3.63, 3.8) is 0 Å². The molecule has 0 spiro atoms. The molecule has 2 heterocycles. The predicted octanol–water partition coefficient (Wildman–Crippen LogP) is 9.35. The van der Waals surface area contributed by atoms with E-state index in [4.69, 9.17) is 23.7 Å². The number of benzene rings is 2. The fourth-order valence-electron chi connectivity index (χ4n) is 5.16. The largest absolute Gasteiger partial charge is 0.464 e. The lowest BCUT2D eigenvalue weighted by Gasteiger charge is -2.21. The van der Waals surface area contributed by atoms with Crippen molar-refractivity contribution in [2.75, 3.05) is 25.1 Å². The molecular weight excluding hydrogens is 813 g/mol. The van der Waals surface area contributed by atoms with Gasteiger partial charge >= 0.3 is 30.1 Å². The minimum Gasteiger partial charge on any atom is -0.464 e. The number of carbonyl (C=O) groups excluding carboxylic acids is 6. The molecule has 0 saturated carbocycles. The Morgan fingerprint density at radius 2 is 1.43 bits per heavy atom. The van der Waals surface area contributed by atoms with Crippen LogP contribution in [0, 0.1) is 0 Å². The SMILES string of the molecule is CCCCOC(=O)CN(Cc1csc(C(=O)OCCCC)c1)C(=O)c1csc2cc(OC(=O)c3ccc(N/C(=N/C(=O)OC(C)(C)C)NC(=O)OC(C)(C)C)cc3)ccc12. The van der Waals surface area contributed by atoms with Crippen LogP contribution in [-0.2, 0) is 30.3 Å². The normalized spacial score (nSPS) is 11.7. The summed E-state index contributed by atoms with van der Waals surface area (Å²) in [4.78, 5) is 83.1. The van der Waals surface area contributed by atoms with E-state index < -0.39 is 47.2 Å². The maximum absolute atomic E-state index is 14.1. The fraction of sp³-hybridized carbons (Fsp3) is 0.419. The molecule has 4 rings (SSSR count). The standard InChI is InChI=1S/C43H52N4O11S2/c1-9-11-19-54-35(48)24-47(23-27-21-34(59-25-27)38(51)55-20-12-10-2)36(49)32-26-60-33-22-30(17-18-31(32)33)56-37(50)28-13-15-29(16-14-28)44-39(45-40(52)57-42(3,4)5)46-41(53)58-43(6,7)8/h13-18,21-22,25-26H,9-12,19-20,23-24H2,1-8H3,(H2,44,45,46,52,53). The minimum atomic E-state index is -0.949. The monoisotopic (exact) mass is 864 g/mol. The number of nitrogens with zero attached hydrogens (tertiary/aromatic N) is 2. The number of guanidine groups is 1. The number of anilines is 1. The molecule has 17 heteroatoms. The summed E-state index contributed by atoms with van der Waals surface area (Å²) in [7, 11) is 0. The third-order valence-electron chi connectivity index (χ3n) is 7.91. The quantitative estimate of drug-likeness (QED) is 0.0288. The van der Waals surface area contributed by atoms with Gasteiger partial charge in [0.05, 0.1) is 24.3 Å². The second-order valence-electron chi connectivity index (χ2n) is 15.5. The molecule has 0 radical (unpaired) electrons. The molecule has 2 aromatic carbocycles. The zero-order chi connectivity index (χ0) is 44.0. The summed E-state index contributed by atoms with van der Waals surface area (Å²) in [6.07, 6.45) is 1.39. The van der Waals surface area contributed by atoms with E-state index >= 15 is 0 Å². The van der Waals surface area contributed by atoms with Gasteiger partial charge in [-0.2, -0.15) is 0 Å². The van der Waals surface area contributed by atoms with Gasteiger partial charge in [0, 0.05) is 27.7 Å². The summed E-state index contributed by atoms with van der Waals surface area (Å²) >= 11 is 2.48. The van der Waals surface area contributed by atoms with Crippen LogP contribution in [0.25, 0.3) is 10.1 Å². The Bertz CT molecular complexity index is 2180. The Morgan fingerprint density at radius 1 is 0.767 bits per heavy atom. The van der Waals surface area contributed by atoms with Gasteiger partial charge < -0.3 is 33.9 Å². The topological polar surface area (TPSA) is 188 Å². The molecule has 60 heavy (non-hydrogen) atoms. The molecule has 0 bridgehead atoms. The Morgan fingerprint density at radius 3 is 2.08 bits per heavy atom. The van der Waals surface area contributed by atoms with E-state index in [9.17, 15) is 28.8 Å². The Balaban J connectivity index is 1.47. The van der Waals surface area contributed by atoms with Crippen molar-refractivity contribution in [3.05, 3.63) is 80.9 Å². The molecular formula is C43H52N4O11S2. The number of rotatable bonds is 15. The Hall–Kier alpha value is -5.81. The van der Waals surface area contributed by atoms with E-state index in [0.29, 0.717) is 44.8 Å². The van der Waals surface area contributed by atoms with Crippen molar-refractivity contribution in [2.45, 2.75) is 98.8 Å². The maximum atomic E-state index is 14.1. The number of nitrogens with one attached hydrogen (secondary N) is 2. The number of aliphatic imine (C=N–C) groups is 1. The van der Waals surface area contributed by atoms with E-state index in [1.807, 2.05) is 13.8 Å². The summed E-state index contributed by atoms with van der Waals surface area (Å²) in [6, 6.07) is 12.6. The number of alkyl carbamates (subject to hydrolysis) is 1. The predicted molar refractivity (Wildman–Crippen MR) is 230 cm³/mol. The average Bonchev–Trinajstić information content (AvgIpc) is 3.80. The molecule has 0 fully saturated rings. The van der Waals surface area contributed by atoms with Crippen molar-refractivity contribution in [1.29, 1.82) is 0 Å². The summed E-state index contributed by atoms with van der Waals surface area (Å²) in [5.41, 5.74) is -0.0615. The third kappa shape index (κ3) is 15.1. The fourth-order valence-corrected chi connectivity index (χ4v) is 6.92. The van der Waals surface area contributed by atoms with Gasteiger partial charge in [0.15, 0.2) is 0 Å². The minimum absolute atomic E-state index is 0.0555. The number of hydrogen-bond acceptors (Lipinski definition) is 13. The van der Waals surface area contributed by atoms with Gasteiger partial charge in [0.25, 0.3) is 5.91 Å². The van der Waals surface area contributed by atoms with Crippen molar-refractivity contribution in [3.8, 4) is 5.75 Å². The summed E-state index contributed by atoms with van der Waals surface area (Å²) in [5.74, 6) is -2.08. The van der Waals surface area contributed by atoms with Gasteiger partial charge in [0.1, 0.15) is 28.4 Å². The number of carbonyl (C=O) groups is 6.